The molecule has 0 bridgehead atoms. The van der Waals surface area contributed by atoms with Crippen LogP contribution in [-0.2, 0) is 32.4 Å². The van der Waals surface area contributed by atoms with Crippen LogP contribution in [0.15, 0.2) is 11.4 Å². The normalized spacial score (nSPS) is 24.8. The summed E-state index contributed by atoms with van der Waals surface area (Å²) in [5.74, 6) is 1.19. The van der Waals surface area contributed by atoms with E-state index in [0.29, 0.717) is 18.4 Å². The Hall–Kier alpha value is -0.960. The standard InChI is InChI=1S/C20H33N3O4S/c1-26-14-16-6-8-22(9-7-16)12-18-11-21-20(28(24,25)15-17-4-5-17)23(18)13-19-3-2-10-27-19/h11,16-17,19H,2-10,12-15H2,1H3. The summed E-state index contributed by atoms with van der Waals surface area (Å²) < 4.78 is 38.9. The molecule has 0 aromatic carbocycles. The minimum atomic E-state index is -3.34. The average molecular weight is 412 g/mol. The van der Waals surface area contributed by atoms with Crippen molar-refractivity contribution < 1.29 is 17.9 Å². The van der Waals surface area contributed by atoms with Crippen LogP contribution in [0.25, 0.3) is 0 Å². The Kier molecular flexibility index (Phi) is 6.40. The summed E-state index contributed by atoms with van der Waals surface area (Å²) in [6.45, 7) is 4.97. The SMILES string of the molecule is COCC1CCN(Cc2cnc(S(=O)(=O)CC3CC3)n2CC2CCCO2)CC1. The van der Waals surface area contributed by atoms with Gasteiger partial charge in [-0.1, -0.05) is 0 Å². The molecular formula is C20H33N3O4S. The molecule has 3 heterocycles. The lowest BCUT2D eigenvalue weighted by atomic mass is 9.98. The Bertz CT molecular complexity index is 746. The third kappa shape index (κ3) is 4.96. The number of piperidine rings is 1. The smallest absolute Gasteiger partial charge is 0.227 e. The number of nitrogens with zero attached hydrogens (tertiary/aromatic N) is 3. The van der Waals surface area contributed by atoms with E-state index in [2.05, 4.69) is 9.88 Å². The van der Waals surface area contributed by atoms with E-state index in [4.69, 9.17) is 9.47 Å². The van der Waals surface area contributed by atoms with Crippen LogP contribution in [0, 0.1) is 11.8 Å². The number of rotatable bonds is 9. The summed E-state index contributed by atoms with van der Waals surface area (Å²) in [5.41, 5.74) is 0.995. The molecule has 28 heavy (non-hydrogen) atoms. The minimum absolute atomic E-state index is 0.0928. The van der Waals surface area contributed by atoms with Crippen LogP contribution in [0.1, 0.15) is 44.2 Å². The van der Waals surface area contributed by atoms with Gasteiger partial charge in [0.1, 0.15) is 0 Å². The van der Waals surface area contributed by atoms with E-state index in [9.17, 15) is 8.42 Å². The van der Waals surface area contributed by atoms with Crippen LogP contribution >= 0.6 is 0 Å². The molecule has 0 amide bonds. The van der Waals surface area contributed by atoms with E-state index in [1.54, 1.807) is 13.3 Å². The predicted molar refractivity (Wildman–Crippen MR) is 106 cm³/mol. The Labute approximate surface area is 168 Å². The first-order valence-electron chi connectivity index (χ1n) is 10.6. The summed E-state index contributed by atoms with van der Waals surface area (Å²) in [7, 11) is -1.58. The van der Waals surface area contributed by atoms with Gasteiger partial charge in [0.25, 0.3) is 0 Å². The van der Waals surface area contributed by atoms with Gasteiger partial charge in [-0.15, -0.1) is 0 Å². The molecule has 4 rings (SSSR count). The molecule has 3 fully saturated rings. The molecule has 0 N–H and O–H groups in total. The minimum Gasteiger partial charge on any atom is -0.384 e. The number of ether oxygens (including phenoxy) is 2. The fraction of sp³-hybridized carbons (Fsp3) is 0.850. The zero-order chi connectivity index (χ0) is 19.6. The van der Waals surface area contributed by atoms with Gasteiger partial charge in [-0.3, -0.25) is 4.90 Å². The second-order valence-electron chi connectivity index (χ2n) is 8.68. The highest BCUT2D eigenvalue weighted by atomic mass is 32.2. The monoisotopic (exact) mass is 411 g/mol. The van der Waals surface area contributed by atoms with Gasteiger partial charge < -0.3 is 14.0 Å². The molecule has 0 spiro atoms. The van der Waals surface area contributed by atoms with E-state index in [-0.39, 0.29) is 17.0 Å². The van der Waals surface area contributed by atoms with E-state index in [1.807, 2.05) is 4.57 Å². The highest BCUT2D eigenvalue weighted by molar-refractivity contribution is 7.91. The quantitative estimate of drug-likeness (QED) is 0.620. The highest BCUT2D eigenvalue weighted by Gasteiger charge is 2.33. The Morgan fingerprint density at radius 3 is 2.61 bits per heavy atom. The maximum atomic E-state index is 12.9. The first-order chi connectivity index (χ1) is 13.5. The van der Waals surface area contributed by atoms with Crippen molar-refractivity contribution in [1.82, 2.24) is 14.5 Å². The van der Waals surface area contributed by atoms with Crippen molar-refractivity contribution in [2.45, 2.75) is 62.9 Å². The van der Waals surface area contributed by atoms with E-state index >= 15 is 0 Å². The summed E-state index contributed by atoms with van der Waals surface area (Å²) in [6, 6.07) is 0. The Morgan fingerprint density at radius 1 is 1.18 bits per heavy atom. The molecule has 1 aromatic heterocycles. The van der Waals surface area contributed by atoms with Crippen molar-refractivity contribution >= 4 is 9.84 Å². The van der Waals surface area contributed by atoms with Crippen LogP contribution in [0.4, 0.5) is 0 Å². The molecule has 1 saturated carbocycles. The summed E-state index contributed by atoms with van der Waals surface area (Å²) >= 11 is 0. The number of hydrogen-bond acceptors (Lipinski definition) is 6. The largest absolute Gasteiger partial charge is 0.384 e. The van der Waals surface area contributed by atoms with Crippen molar-refractivity contribution in [3.8, 4) is 0 Å². The maximum absolute atomic E-state index is 12.9. The second-order valence-corrected chi connectivity index (χ2v) is 10.6. The fourth-order valence-corrected chi connectivity index (χ4v) is 6.24. The number of aromatic nitrogens is 2. The van der Waals surface area contributed by atoms with Crippen LogP contribution in [0.2, 0.25) is 0 Å². The molecule has 2 saturated heterocycles. The van der Waals surface area contributed by atoms with Crippen molar-refractivity contribution in [3.63, 3.8) is 0 Å². The molecule has 3 aliphatic rings. The number of methoxy groups -OCH3 is 1. The van der Waals surface area contributed by atoms with Crippen LogP contribution in [0.3, 0.4) is 0 Å². The number of likely N-dealkylation sites (tertiary alicyclic amines) is 1. The maximum Gasteiger partial charge on any atom is 0.227 e. The topological polar surface area (TPSA) is 73.7 Å². The van der Waals surface area contributed by atoms with Crippen LogP contribution in [0.5, 0.6) is 0 Å². The van der Waals surface area contributed by atoms with Gasteiger partial charge in [-0.25, -0.2) is 13.4 Å². The van der Waals surface area contributed by atoms with Crippen molar-refractivity contribution in [3.05, 3.63) is 11.9 Å². The summed E-state index contributed by atoms with van der Waals surface area (Å²) in [6.07, 6.45) is 8.20. The van der Waals surface area contributed by atoms with Gasteiger partial charge in [0.15, 0.2) is 0 Å². The van der Waals surface area contributed by atoms with Crippen molar-refractivity contribution in [1.29, 1.82) is 0 Å². The number of sulfone groups is 1. The molecule has 1 aromatic rings. The second kappa shape index (κ2) is 8.81. The van der Waals surface area contributed by atoms with Crippen molar-refractivity contribution in [2.75, 3.05) is 39.2 Å². The van der Waals surface area contributed by atoms with Crippen LogP contribution < -0.4 is 0 Å². The molecule has 158 valence electrons. The molecule has 1 aliphatic carbocycles. The zero-order valence-corrected chi connectivity index (χ0v) is 17.7. The van der Waals surface area contributed by atoms with E-state index in [0.717, 1.165) is 77.1 Å². The van der Waals surface area contributed by atoms with Crippen LogP contribution in [-0.4, -0.2) is 68.1 Å². The molecule has 0 radical (unpaired) electrons. The molecule has 8 heteroatoms. The molecule has 1 unspecified atom stereocenters. The van der Waals surface area contributed by atoms with Gasteiger partial charge >= 0.3 is 0 Å². The molecular weight excluding hydrogens is 378 g/mol. The number of hydrogen-bond donors (Lipinski definition) is 0. The Balaban J connectivity index is 1.49. The Morgan fingerprint density at radius 2 is 1.96 bits per heavy atom. The van der Waals surface area contributed by atoms with E-state index < -0.39 is 9.84 Å². The van der Waals surface area contributed by atoms with Gasteiger partial charge in [0, 0.05) is 26.9 Å². The van der Waals surface area contributed by atoms with Gasteiger partial charge in [-0.05, 0) is 63.5 Å². The number of imidazole rings is 1. The lowest BCUT2D eigenvalue weighted by Crippen LogP contribution is -2.35. The molecule has 7 nitrogen and oxygen atoms in total. The van der Waals surface area contributed by atoms with Gasteiger partial charge in [-0.2, -0.15) is 0 Å². The third-order valence-electron chi connectivity index (χ3n) is 6.24. The first kappa shape index (κ1) is 20.3. The van der Waals surface area contributed by atoms with Crippen molar-refractivity contribution in [2.24, 2.45) is 11.8 Å². The zero-order valence-electron chi connectivity index (χ0n) is 16.9. The molecule has 1 atom stereocenters. The fourth-order valence-electron chi connectivity index (χ4n) is 4.40. The average Bonchev–Trinajstić information content (AvgIpc) is 3.16. The highest BCUT2D eigenvalue weighted by Crippen LogP contribution is 2.32. The first-order valence-corrected chi connectivity index (χ1v) is 12.3. The van der Waals surface area contributed by atoms with Gasteiger partial charge in [0.05, 0.1) is 30.3 Å². The third-order valence-corrected chi connectivity index (χ3v) is 8.03. The van der Waals surface area contributed by atoms with Gasteiger partial charge in [0.2, 0.25) is 15.0 Å². The summed E-state index contributed by atoms with van der Waals surface area (Å²) in [5, 5.41) is 0.249. The lowest BCUT2D eigenvalue weighted by molar-refractivity contribution is 0.0878. The predicted octanol–water partition coefficient (Wildman–Crippen LogP) is 2.10. The lowest BCUT2D eigenvalue weighted by Gasteiger charge is -2.31. The molecule has 2 aliphatic heterocycles. The van der Waals surface area contributed by atoms with E-state index in [1.165, 1.54) is 0 Å². The summed E-state index contributed by atoms with van der Waals surface area (Å²) in [4.78, 5) is 6.80.